The molecule has 0 aliphatic rings. The number of alkyl halides is 1. The van der Waals surface area contributed by atoms with Crippen LogP contribution in [0.2, 0.25) is 0 Å². The highest BCUT2D eigenvalue weighted by molar-refractivity contribution is 6.96. The summed E-state index contributed by atoms with van der Waals surface area (Å²) in [5.41, 5.74) is 1.78. The van der Waals surface area contributed by atoms with E-state index in [0.717, 1.165) is 0 Å². The van der Waals surface area contributed by atoms with Crippen LogP contribution in [0.4, 0.5) is 0 Å². The van der Waals surface area contributed by atoms with Gasteiger partial charge < -0.3 is 0 Å². The second-order valence-electron chi connectivity index (χ2n) is 0.443. The lowest BCUT2D eigenvalue weighted by molar-refractivity contribution is 2.46. The zero-order valence-electron chi connectivity index (χ0n) is 3.75. The zero-order valence-corrected chi connectivity index (χ0v) is 6.67. The summed E-state index contributed by atoms with van der Waals surface area (Å²) in [5.74, 6) is 0. The van der Waals surface area contributed by atoms with E-state index in [1.54, 1.807) is 5.70 Å². The van der Waals surface area contributed by atoms with Crippen molar-refractivity contribution >= 4 is 31.5 Å². The van der Waals surface area contributed by atoms with Crippen molar-refractivity contribution in [1.82, 2.24) is 0 Å². The fourth-order valence-corrected chi connectivity index (χ4v) is 0. The molecule has 0 atom stereocenters. The SMILES string of the molecule is C=C[SiH2]Cl.CCl. The molecule has 0 aromatic heterocycles. The minimum absolute atomic E-state index is 0.340. The maximum Gasteiger partial charge on any atom is 0.148 e. The first-order chi connectivity index (χ1) is 2.91. The maximum atomic E-state index is 5.21. The normalized spacial score (nSPS) is 7.17. The average Bonchev–Trinajstić information content (AvgIpc) is 1.72. The highest BCUT2D eigenvalue weighted by Crippen LogP contribution is 1.61. The standard InChI is InChI=1S/C2H5ClSi.CH3Cl/c1-2-4-3;1-2/h2H,1,4H2;1H3. The molecule has 0 aliphatic heterocycles. The monoisotopic (exact) mass is 142 g/mol. The molecule has 38 valence electrons. The maximum absolute atomic E-state index is 5.21. The lowest BCUT2D eigenvalue weighted by Gasteiger charge is -1.52. The van der Waals surface area contributed by atoms with Gasteiger partial charge in [-0.2, -0.15) is 11.1 Å². The van der Waals surface area contributed by atoms with Crippen molar-refractivity contribution in [2.45, 2.75) is 0 Å². The van der Waals surface area contributed by atoms with Crippen molar-refractivity contribution in [3.63, 3.8) is 0 Å². The second-order valence-corrected chi connectivity index (χ2v) is 2.25. The summed E-state index contributed by atoms with van der Waals surface area (Å²) in [6, 6.07) is 0. The summed E-state index contributed by atoms with van der Waals surface area (Å²) in [5, 5.41) is 0. The lowest BCUT2D eigenvalue weighted by Crippen LogP contribution is -1.54. The Morgan fingerprint density at radius 2 is 1.83 bits per heavy atom. The second kappa shape index (κ2) is 17.7. The van der Waals surface area contributed by atoms with Gasteiger partial charge >= 0.3 is 0 Å². The van der Waals surface area contributed by atoms with Gasteiger partial charge in [0.2, 0.25) is 0 Å². The molecule has 0 amide bonds. The fourth-order valence-electron chi connectivity index (χ4n) is 0. The molecule has 0 N–H and O–H groups in total. The molecule has 0 fully saturated rings. The fraction of sp³-hybridized carbons (Fsp3) is 0.333. The Balaban J connectivity index is 0. The van der Waals surface area contributed by atoms with E-state index >= 15 is 0 Å². The van der Waals surface area contributed by atoms with E-state index in [1.807, 2.05) is 0 Å². The molecular formula is C3H8Cl2Si. The molecule has 0 heterocycles. The lowest BCUT2D eigenvalue weighted by atomic mass is 11.3. The molecule has 0 rings (SSSR count). The smallest absolute Gasteiger partial charge is 0.148 e. The quantitative estimate of drug-likeness (QED) is 0.295. The predicted octanol–water partition coefficient (Wildman–Crippen LogP) is 1.31. The third-order valence-corrected chi connectivity index (χ3v) is 0.982. The summed E-state index contributed by atoms with van der Waals surface area (Å²) in [4.78, 5) is 0. The summed E-state index contributed by atoms with van der Waals surface area (Å²) in [6.45, 7) is 3.41. The van der Waals surface area contributed by atoms with Gasteiger partial charge in [-0.15, -0.1) is 18.2 Å². The van der Waals surface area contributed by atoms with Crippen LogP contribution in [0.25, 0.3) is 0 Å². The van der Waals surface area contributed by atoms with Crippen molar-refractivity contribution < 1.29 is 0 Å². The molecule has 0 aromatic carbocycles. The molecule has 0 saturated heterocycles. The van der Waals surface area contributed by atoms with Gasteiger partial charge in [-0.05, 0) is 0 Å². The topological polar surface area (TPSA) is 0 Å². The first-order valence-electron chi connectivity index (χ1n) is 1.46. The Morgan fingerprint density at radius 1 is 1.67 bits per heavy atom. The summed E-state index contributed by atoms with van der Waals surface area (Å²) in [7, 11) is -0.340. The van der Waals surface area contributed by atoms with Gasteiger partial charge in [0.25, 0.3) is 0 Å². The van der Waals surface area contributed by atoms with Crippen LogP contribution in [-0.2, 0) is 0 Å². The van der Waals surface area contributed by atoms with E-state index in [4.69, 9.17) is 11.1 Å². The molecule has 0 spiro atoms. The first-order valence-corrected chi connectivity index (χ1v) is 5.17. The van der Waals surface area contributed by atoms with Crippen LogP contribution in [0.15, 0.2) is 12.3 Å². The van der Waals surface area contributed by atoms with Crippen molar-refractivity contribution in [3.05, 3.63) is 12.3 Å². The summed E-state index contributed by atoms with van der Waals surface area (Å²) < 4.78 is 0. The Labute approximate surface area is 50.7 Å². The number of halogens is 2. The van der Waals surface area contributed by atoms with Gasteiger partial charge in [-0.1, -0.05) is 5.70 Å². The summed E-state index contributed by atoms with van der Waals surface area (Å²) in [6.07, 6.45) is 1.47. The highest BCUT2D eigenvalue weighted by Gasteiger charge is 1.51. The first kappa shape index (κ1) is 9.74. The van der Waals surface area contributed by atoms with Gasteiger partial charge in [0.15, 0.2) is 0 Å². The van der Waals surface area contributed by atoms with Crippen molar-refractivity contribution in [2.24, 2.45) is 0 Å². The Bertz CT molecular complexity index is 22.8. The van der Waals surface area contributed by atoms with Crippen LogP contribution < -0.4 is 0 Å². The van der Waals surface area contributed by atoms with Crippen molar-refractivity contribution in [1.29, 1.82) is 0 Å². The van der Waals surface area contributed by atoms with E-state index in [2.05, 4.69) is 18.2 Å². The van der Waals surface area contributed by atoms with Gasteiger partial charge in [-0.25, -0.2) is 0 Å². The average molecular weight is 143 g/mol. The number of hydrogen-bond acceptors (Lipinski definition) is 0. The molecule has 0 aliphatic carbocycles. The zero-order chi connectivity index (χ0) is 5.41. The minimum Gasteiger partial charge on any atom is -0.171 e. The number of rotatable bonds is 1. The molecule has 0 saturated carbocycles. The molecule has 0 radical (unpaired) electrons. The van der Waals surface area contributed by atoms with Crippen LogP contribution in [0.3, 0.4) is 0 Å². The van der Waals surface area contributed by atoms with Gasteiger partial charge in [0.05, 0.1) is 0 Å². The Kier molecular flexibility index (Phi) is 28.7. The largest absolute Gasteiger partial charge is 0.171 e. The van der Waals surface area contributed by atoms with Crippen LogP contribution in [0.1, 0.15) is 0 Å². The predicted molar refractivity (Wildman–Crippen MR) is 36.4 cm³/mol. The molecule has 0 unspecified atom stereocenters. The van der Waals surface area contributed by atoms with Crippen molar-refractivity contribution in [3.8, 4) is 0 Å². The van der Waals surface area contributed by atoms with Crippen molar-refractivity contribution in [2.75, 3.05) is 6.38 Å². The molecule has 0 nitrogen and oxygen atoms in total. The van der Waals surface area contributed by atoms with Crippen LogP contribution in [0, 0.1) is 0 Å². The van der Waals surface area contributed by atoms with E-state index in [9.17, 15) is 0 Å². The molecular weight excluding hydrogens is 135 g/mol. The van der Waals surface area contributed by atoms with E-state index in [-0.39, 0.29) is 8.83 Å². The molecule has 6 heavy (non-hydrogen) atoms. The third kappa shape index (κ3) is 24.0. The van der Waals surface area contributed by atoms with Crippen LogP contribution in [-0.4, -0.2) is 15.2 Å². The van der Waals surface area contributed by atoms with Crippen LogP contribution >= 0.6 is 22.7 Å². The minimum atomic E-state index is -0.340. The molecule has 0 aromatic rings. The van der Waals surface area contributed by atoms with Gasteiger partial charge in [-0.3, -0.25) is 0 Å². The molecule has 3 heteroatoms. The Morgan fingerprint density at radius 3 is 1.83 bits per heavy atom. The third-order valence-electron chi connectivity index (χ3n) is 0.109. The Hall–Kier alpha value is 0.537. The van der Waals surface area contributed by atoms with Gasteiger partial charge in [0.1, 0.15) is 8.83 Å². The van der Waals surface area contributed by atoms with E-state index in [0.29, 0.717) is 0 Å². The van der Waals surface area contributed by atoms with Gasteiger partial charge in [0, 0.05) is 6.38 Å². The summed E-state index contributed by atoms with van der Waals surface area (Å²) >= 11 is 9.85. The van der Waals surface area contributed by atoms with E-state index in [1.165, 1.54) is 6.38 Å². The van der Waals surface area contributed by atoms with Crippen LogP contribution in [0.5, 0.6) is 0 Å². The molecule has 0 bridgehead atoms. The number of hydrogen-bond donors (Lipinski definition) is 0. The highest BCUT2D eigenvalue weighted by atomic mass is 35.6. The van der Waals surface area contributed by atoms with E-state index < -0.39 is 0 Å².